The van der Waals surface area contributed by atoms with Gasteiger partial charge in [-0.25, -0.2) is 4.68 Å². The Morgan fingerprint density at radius 2 is 1.96 bits per heavy atom. The molecule has 0 aromatic carbocycles. The first-order valence-electron chi connectivity index (χ1n) is 9.72. The molecule has 0 amide bonds. The van der Waals surface area contributed by atoms with Crippen molar-refractivity contribution in [3.63, 3.8) is 0 Å². The molecule has 4 rings (SSSR count). The molecule has 0 saturated carbocycles. The maximum atomic E-state index is 12.3. The molecule has 0 N–H and O–H groups in total. The van der Waals surface area contributed by atoms with Crippen LogP contribution >= 0.6 is 0 Å². The Bertz CT molecular complexity index is 614. The van der Waals surface area contributed by atoms with Gasteiger partial charge in [-0.1, -0.05) is 0 Å². The van der Waals surface area contributed by atoms with E-state index >= 15 is 0 Å². The van der Waals surface area contributed by atoms with Crippen LogP contribution < -0.4 is 5.56 Å². The molecule has 132 valence electrons. The second kappa shape index (κ2) is 7.36. The van der Waals surface area contributed by atoms with E-state index in [-0.39, 0.29) is 5.56 Å². The second-order valence-electron chi connectivity index (χ2n) is 7.72. The minimum atomic E-state index is 0.0914. The van der Waals surface area contributed by atoms with Crippen molar-refractivity contribution in [1.29, 1.82) is 0 Å². The third-order valence-electron chi connectivity index (χ3n) is 5.90. The molecular weight excluding hydrogens is 302 g/mol. The number of hydrogen-bond acceptors (Lipinski definition) is 4. The number of rotatable bonds is 4. The molecule has 2 aliphatic heterocycles. The topological polar surface area (TPSA) is 47.4 Å². The summed E-state index contributed by atoms with van der Waals surface area (Å²) < 4.78 is 7.60. The van der Waals surface area contributed by atoms with Crippen LogP contribution in [0.5, 0.6) is 0 Å². The van der Waals surface area contributed by atoms with E-state index in [9.17, 15) is 4.79 Å². The first-order valence-corrected chi connectivity index (χ1v) is 9.72. The Morgan fingerprint density at radius 1 is 1.08 bits per heavy atom. The van der Waals surface area contributed by atoms with Crippen LogP contribution in [-0.4, -0.2) is 47.0 Å². The number of nitrogens with zero attached hydrogens (tertiary/aromatic N) is 3. The van der Waals surface area contributed by atoms with E-state index in [1.165, 1.54) is 24.8 Å². The third kappa shape index (κ3) is 3.72. The summed E-state index contributed by atoms with van der Waals surface area (Å²) in [4.78, 5) is 14.8. The Labute approximate surface area is 144 Å². The molecule has 1 atom stereocenters. The lowest BCUT2D eigenvalue weighted by molar-refractivity contribution is -0.0118. The predicted octanol–water partition coefficient (Wildman–Crippen LogP) is 2.01. The van der Waals surface area contributed by atoms with Crippen LogP contribution in [0.4, 0.5) is 0 Å². The van der Waals surface area contributed by atoms with Crippen molar-refractivity contribution in [3.05, 3.63) is 27.7 Å². The fourth-order valence-corrected chi connectivity index (χ4v) is 4.41. The van der Waals surface area contributed by atoms with Gasteiger partial charge in [0.05, 0.1) is 11.8 Å². The Kier molecular flexibility index (Phi) is 4.99. The third-order valence-corrected chi connectivity index (χ3v) is 5.90. The summed E-state index contributed by atoms with van der Waals surface area (Å²) in [6, 6.07) is 1.82. The van der Waals surface area contributed by atoms with E-state index in [0.29, 0.717) is 12.0 Å². The van der Waals surface area contributed by atoms with Crippen LogP contribution in [0.2, 0.25) is 0 Å². The predicted molar refractivity (Wildman–Crippen MR) is 93.3 cm³/mol. The first kappa shape index (κ1) is 16.3. The van der Waals surface area contributed by atoms with Gasteiger partial charge in [0.25, 0.3) is 5.56 Å². The van der Waals surface area contributed by atoms with Crippen molar-refractivity contribution in [1.82, 2.24) is 14.7 Å². The van der Waals surface area contributed by atoms with Crippen molar-refractivity contribution >= 4 is 0 Å². The van der Waals surface area contributed by atoms with E-state index < -0.39 is 0 Å². The van der Waals surface area contributed by atoms with Crippen molar-refractivity contribution in [2.75, 3.05) is 26.2 Å². The average molecular weight is 331 g/mol. The molecular formula is C19H29N3O2. The van der Waals surface area contributed by atoms with Crippen LogP contribution in [0.3, 0.4) is 0 Å². The molecule has 5 nitrogen and oxygen atoms in total. The molecule has 0 bridgehead atoms. The molecule has 3 heterocycles. The highest BCUT2D eigenvalue weighted by Gasteiger charge is 2.24. The number of piperidine rings is 1. The van der Waals surface area contributed by atoms with Gasteiger partial charge >= 0.3 is 0 Å². The average Bonchev–Trinajstić information content (AvgIpc) is 3.05. The summed E-state index contributed by atoms with van der Waals surface area (Å²) in [6.07, 6.45) is 9.73. The van der Waals surface area contributed by atoms with Gasteiger partial charge in [-0.3, -0.25) is 4.79 Å². The lowest BCUT2D eigenvalue weighted by atomic mass is 9.96. The molecule has 2 saturated heterocycles. The Hall–Kier alpha value is -1.20. The quantitative estimate of drug-likeness (QED) is 0.847. The van der Waals surface area contributed by atoms with Gasteiger partial charge in [-0.15, -0.1) is 0 Å². The van der Waals surface area contributed by atoms with E-state index in [1.807, 2.05) is 6.07 Å². The molecule has 1 aromatic heterocycles. The van der Waals surface area contributed by atoms with Crippen molar-refractivity contribution in [2.24, 2.45) is 5.92 Å². The maximum Gasteiger partial charge on any atom is 0.267 e. The summed E-state index contributed by atoms with van der Waals surface area (Å²) in [6.45, 7) is 5.08. The highest BCUT2D eigenvalue weighted by molar-refractivity contribution is 5.22. The first-order chi connectivity index (χ1) is 11.8. The van der Waals surface area contributed by atoms with Gasteiger partial charge in [0.2, 0.25) is 0 Å². The SMILES string of the molecule is O=c1cc2c(nn1CC1CCN(CC3CCCCO3)CC1)CCC2. The molecule has 1 aromatic rings. The fourth-order valence-electron chi connectivity index (χ4n) is 4.41. The van der Waals surface area contributed by atoms with Gasteiger partial charge in [-0.05, 0) is 75.9 Å². The Morgan fingerprint density at radius 3 is 2.75 bits per heavy atom. The highest BCUT2D eigenvalue weighted by atomic mass is 16.5. The second-order valence-corrected chi connectivity index (χ2v) is 7.72. The number of ether oxygens (including phenoxy) is 1. The molecule has 0 spiro atoms. The molecule has 1 unspecified atom stereocenters. The highest BCUT2D eigenvalue weighted by Crippen LogP contribution is 2.22. The van der Waals surface area contributed by atoms with Crippen molar-refractivity contribution < 1.29 is 4.74 Å². The van der Waals surface area contributed by atoms with E-state index in [2.05, 4.69) is 10.00 Å². The van der Waals surface area contributed by atoms with Crippen molar-refractivity contribution in [2.45, 2.75) is 64.0 Å². The zero-order valence-electron chi connectivity index (χ0n) is 14.6. The zero-order chi connectivity index (χ0) is 16.4. The number of hydrogen-bond donors (Lipinski definition) is 0. The Balaban J connectivity index is 1.29. The van der Waals surface area contributed by atoms with Gasteiger partial charge in [0, 0.05) is 25.8 Å². The number of aromatic nitrogens is 2. The summed E-state index contributed by atoms with van der Waals surface area (Å²) in [5.74, 6) is 0.582. The monoisotopic (exact) mass is 331 g/mol. The smallest absolute Gasteiger partial charge is 0.267 e. The lowest BCUT2D eigenvalue weighted by Gasteiger charge is -2.35. The fraction of sp³-hybridized carbons (Fsp3) is 0.789. The van der Waals surface area contributed by atoms with E-state index in [1.54, 1.807) is 4.68 Å². The molecule has 0 radical (unpaired) electrons. The van der Waals surface area contributed by atoms with Gasteiger partial charge in [0.1, 0.15) is 0 Å². The summed E-state index contributed by atoms with van der Waals surface area (Å²) in [5.41, 5.74) is 2.42. The van der Waals surface area contributed by atoms with Gasteiger partial charge in [-0.2, -0.15) is 5.10 Å². The maximum absolute atomic E-state index is 12.3. The van der Waals surface area contributed by atoms with Crippen LogP contribution in [-0.2, 0) is 24.1 Å². The summed E-state index contributed by atoms with van der Waals surface area (Å²) in [5, 5.41) is 4.63. The van der Waals surface area contributed by atoms with Crippen LogP contribution in [0.15, 0.2) is 10.9 Å². The summed E-state index contributed by atoms with van der Waals surface area (Å²) in [7, 11) is 0. The largest absolute Gasteiger partial charge is 0.377 e. The number of fused-ring (bicyclic) bond motifs is 1. The standard InChI is InChI=1S/C19H29N3O2/c23-19-12-16-4-3-6-18(16)20-22(19)13-15-7-9-21(10-8-15)14-17-5-1-2-11-24-17/h12,15,17H,1-11,13-14H2. The molecule has 2 fully saturated rings. The lowest BCUT2D eigenvalue weighted by Crippen LogP contribution is -2.42. The van der Waals surface area contributed by atoms with Gasteiger partial charge in [0.15, 0.2) is 0 Å². The number of aryl methyl sites for hydroxylation is 2. The molecule has 5 heteroatoms. The minimum Gasteiger partial charge on any atom is -0.377 e. The van der Waals surface area contributed by atoms with E-state index in [4.69, 9.17) is 4.74 Å². The molecule has 24 heavy (non-hydrogen) atoms. The van der Waals surface area contributed by atoms with Crippen LogP contribution in [0, 0.1) is 5.92 Å². The van der Waals surface area contributed by atoms with Crippen LogP contribution in [0.25, 0.3) is 0 Å². The molecule has 3 aliphatic rings. The zero-order valence-corrected chi connectivity index (χ0v) is 14.6. The number of likely N-dealkylation sites (tertiary alicyclic amines) is 1. The summed E-state index contributed by atoms with van der Waals surface area (Å²) >= 11 is 0. The van der Waals surface area contributed by atoms with Crippen molar-refractivity contribution in [3.8, 4) is 0 Å². The minimum absolute atomic E-state index is 0.0914. The van der Waals surface area contributed by atoms with Gasteiger partial charge < -0.3 is 9.64 Å². The van der Waals surface area contributed by atoms with Crippen LogP contribution in [0.1, 0.15) is 49.8 Å². The van der Waals surface area contributed by atoms with E-state index in [0.717, 1.165) is 70.6 Å². The normalized spacial score (nSPS) is 25.8. The molecule has 1 aliphatic carbocycles.